The highest BCUT2D eigenvalue weighted by molar-refractivity contribution is 5.18. The summed E-state index contributed by atoms with van der Waals surface area (Å²) in [7, 11) is 0. The first-order valence-electron chi connectivity index (χ1n) is 2.59. The summed E-state index contributed by atoms with van der Waals surface area (Å²) >= 11 is 0. The predicted octanol–water partition coefficient (Wildman–Crippen LogP) is 0.935. The van der Waals surface area contributed by atoms with Gasteiger partial charge in [0, 0.05) is 6.54 Å². The summed E-state index contributed by atoms with van der Waals surface area (Å²) in [6.45, 7) is 2.78. The molecule has 0 fully saturated rings. The van der Waals surface area contributed by atoms with Crippen LogP contribution in [0.5, 0.6) is 0 Å². The maximum atomic E-state index is 8.73. The van der Waals surface area contributed by atoms with Gasteiger partial charge < -0.3 is 10.4 Å². The molecule has 0 aliphatic carbocycles. The molecule has 44 valence electrons. The van der Waals surface area contributed by atoms with Crippen LogP contribution in [0.3, 0.4) is 0 Å². The Balaban J connectivity index is 2.65. The van der Waals surface area contributed by atoms with E-state index in [4.69, 9.17) is 5.11 Å². The quantitative estimate of drug-likeness (QED) is 0.487. The molecule has 8 heavy (non-hydrogen) atoms. The van der Waals surface area contributed by atoms with E-state index in [-0.39, 0.29) is 5.88 Å². The van der Waals surface area contributed by atoms with E-state index in [9.17, 15) is 0 Å². The van der Waals surface area contributed by atoms with Gasteiger partial charge in [-0.15, -0.1) is 0 Å². The molecule has 0 unspecified atom stereocenters. The van der Waals surface area contributed by atoms with E-state index < -0.39 is 0 Å². The first-order valence-corrected chi connectivity index (χ1v) is 2.59. The van der Waals surface area contributed by atoms with Crippen molar-refractivity contribution in [2.75, 3.05) is 6.54 Å². The third kappa shape index (κ3) is 1.03. The monoisotopic (exact) mass is 111 g/mol. The second-order valence-electron chi connectivity index (χ2n) is 1.92. The summed E-state index contributed by atoms with van der Waals surface area (Å²) < 4.78 is 0. The molecule has 1 heterocycles. The van der Waals surface area contributed by atoms with Crippen LogP contribution in [-0.4, -0.2) is 11.7 Å². The minimum atomic E-state index is 0.260. The molecule has 2 N–H and O–H groups in total. The van der Waals surface area contributed by atoms with Gasteiger partial charge in [-0.25, -0.2) is 0 Å². The summed E-state index contributed by atoms with van der Waals surface area (Å²) in [5.74, 6) is 0.260. The van der Waals surface area contributed by atoms with Gasteiger partial charge in [-0.3, -0.25) is 0 Å². The van der Waals surface area contributed by atoms with Gasteiger partial charge in [-0.2, -0.15) is 0 Å². The molecule has 0 amide bonds. The molecule has 0 aromatic heterocycles. The van der Waals surface area contributed by atoms with Crippen molar-refractivity contribution in [2.45, 2.75) is 6.92 Å². The smallest absolute Gasteiger partial charge is 0.184 e. The summed E-state index contributed by atoms with van der Waals surface area (Å²) in [6, 6.07) is 0. The standard InChI is InChI=1S/C6H9NO/c1-5-2-3-6(8)7-4-5/h2-3,7-8H,4H2,1H3. The summed E-state index contributed by atoms with van der Waals surface area (Å²) in [5.41, 5.74) is 1.24. The van der Waals surface area contributed by atoms with Crippen molar-refractivity contribution in [3.05, 3.63) is 23.6 Å². The van der Waals surface area contributed by atoms with Crippen LogP contribution in [0.4, 0.5) is 0 Å². The zero-order chi connectivity index (χ0) is 5.98. The van der Waals surface area contributed by atoms with E-state index in [1.807, 2.05) is 13.0 Å². The van der Waals surface area contributed by atoms with Crippen molar-refractivity contribution >= 4 is 0 Å². The van der Waals surface area contributed by atoms with E-state index in [0.717, 1.165) is 6.54 Å². The molecule has 0 saturated heterocycles. The zero-order valence-corrected chi connectivity index (χ0v) is 4.81. The highest BCUT2D eigenvalue weighted by Gasteiger charge is 1.95. The Hall–Kier alpha value is -0.920. The molecule has 0 bridgehead atoms. The lowest BCUT2D eigenvalue weighted by Crippen LogP contribution is -2.17. The Labute approximate surface area is 48.5 Å². The minimum Gasteiger partial charge on any atom is -0.495 e. The Morgan fingerprint density at radius 1 is 1.62 bits per heavy atom. The normalized spacial score (nSPS) is 18.6. The van der Waals surface area contributed by atoms with E-state index in [1.165, 1.54) is 5.57 Å². The van der Waals surface area contributed by atoms with Gasteiger partial charge in [0.15, 0.2) is 5.88 Å². The fourth-order valence-corrected chi connectivity index (χ4v) is 0.569. The predicted molar refractivity (Wildman–Crippen MR) is 32.5 cm³/mol. The fourth-order valence-electron chi connectivity index (χ4n) is 0.569. The van der Waals surface area contributed by atoms with Gasteiger partial charge in [0.2, 0.25) is 0 Å². The Morgan fingerprint density at radius 3 is 2.75 bits per heavy atom. The molecular weight excluding hydrogens is 102 g/mol. The van der Waals surface area contributed by atoms with Gasteiger partial charge in [-0.05, 0) is 13.0 Å². The lowest BCUT2D eigenvalue weighted by atomic mass is 10.2. The number of dihydropyridines is 1. The molecular formula is C6H9NO. The van der Waals surface area contributed by atoms with Gasteiger partial charge in [0.1, 0.15) is 0 Å². The molecule has 0 saturated carbocycles. The first-order chi connectivity index (χ1) is 3.79. The van der Waals surface area contributed by atoms with Gasteiger partial charge in [0.25, 0.3) is 0 Å². The number of hydrogen-bond acceptors (Lipinski definition) is 2. The van der Waals surface area contributed by atoms with Crippen LogP contribution in [0.2, 0.25) is 0 Å². The van der Waals surface area contributed by atoms with Crippen LogP contribution in [0, 0.1) is 0 Å². The number of nitrogens with one attached hydrogen (secondary N) is 1. The van der Waals surface area contributed by atoms with Crippen molar-refractivity contribution < 1.29 is 5.11 Å². The molecule has 2 nitrogen and oxygen atoms in total. The fraction of sp³-hybridized carbons (Fsp3) is 0.333. The molecule has 1 aliphatic rings. The highest BCUT2D eigenvalue weighted by Crippen LogP contribution is 1.98. The maximum absolute atomic E-state index is 8.73. The van der Waals surface area contributed by atoms with Crippen molar-refractivity contribution in [3.63, 3.8) is 0 Å². The average molecular weight is 111 g/mol. The highest BCUT2D eigenvalue weighted by atomic mass is 16.3. The van der Waals surface area contributed by atoms with Crippen molar-refractivity contribution in [1.29, 1.82) is 0 Å². The van der Waals surface area contributed by atoms with E-state index in [2.05, 4.69) is 5.32 Å². The van der Waals surface area contributed by atoms with Crippen LogP contribution in [-0.2, 0) is 0 Å². The first kappa shape index (κ1) is 5.22. The molecule has 0 aromatic rings. The topological polar surface area (TPSA) is 32.3 Å². The number of aliphatic hydroxyl groups is 1. The molecule has 2 heteroatoms. The average Bonchev–Trinajstić information content (AvgIpc) is 1.77. The van der Waals surface area contributed by atoms with Crippen LogP contribution in [0.25, 0.3) is 0 Å². The molecule has 0 aromatic carbocycles. The second kappa shape index (κ2) is 1.90. The van der Waals surface area contributed by atoms with Gasteiger partial charge >= 0.3 is 0 Å². The number of allylic oxidation sites excluding steroid dienone is 2. The SMILES string of the molecule is CC1=CC=C(O)NC1. The summed E-state index contributed by atoms with van der Waals surface area (Å²) in [6.07, 6.45) is 3.55. The van der Waals surface area contributed by atoms with Crippen molar-refractivity contribution in [2.24, 2.45) is 0 Å². The molecule has 1 rings (SSSR count). The second-order valence-corrected chi connectivity index (χ2v) is 1.92. The minimum absolute atomic E-state index is 0.260. The lowest BCUT2D eigenvalue weighted by Gasteiger charge is -2.08. The molecule has 1 aliphatic heterocycles. The largest absolute Gasteiger partial charge is 0.495 e. The van der Waals surface area contributed by atoms with Crippen LogP contribution in [0.1, 0.15) is 6.92 Å². The summed E-state index contributed by atoms with van der Waals surface area (Å²) in [4.78, 5) is 0. The zero-order valence-electron chi connectivity index (χ0n) is 4.81. The Kier molecular flexibility index (Phi) is 1.24. The molecule has 0 atom stereocenters. The third-order valence-electron chi connectivity index (χ3n) is 1.07. The van der Waals surface area contributed by atoms with E-state index >= 15 is 0 Å². The third-order valence-corrected chi connectivity index (χ3v) is 1.07. The van der Waals surface area contributed by atoms with Gasteiger partial charge in [0.05, 0.1) is 0 Å². The van der Waals surface area contributed by atoms with E-state index in [0.29, 0.717) is 0 Å². The van der Waals surface area contributed by atoms with Crippen LogP contribution in [0.15, 0.2) is 23.6 Å². The van der Waals surface area contributed by atoms with Gasteiger partial charge in [-0.1, -0.05) is 11.6 Å². The van der Waals surface area contributed by atoms with Crippen molar-refractivity contribution in [3.8, 4) is 0 Å². The van der Waals surface area contributed by atoms with Crippen LogP contribution >= 0.6 is 0 Å². The number of aliphatic hydroxyl groups excluding tert-OH is 1. The Morgan fingerprint density at radius 2 is 2.38 bits per heavy atom. The molecule has 0 spiro atoms. The molecule has 0 radical (unpaired) electrons. The van der Waals surface area contributed by atoms with Crippen molar-refractivity contribution in [1.82, 2.24) is 5.32 Å². The number of rotatable bonds is 0. The summed E-state index contributed by atoms with van der Waals surface area (Å²) in [5, 5.41) is 11.5. The Bertz CT molecular complexity index is 129. The number of hydrogen-bond donors (Lipinski definition) is 2. The van der Waals surface area contributed by atoms with Crippen LogP contribution < -0.4 is 5.32 Å². The van der Waals surface area contributed by atoms with E-state index in [1.54, 1.807) is 6.08 Å². The maximum Gasteiger partial charge on any atom is 0.184 e. The lowest BCUT2D eigenvalue weighted by molar-refractivity contribution is 0.367.